The van der Waals surface area contributed by atoms with Crippen molar-refractivity contribution in [1.29, 1.82) is 0 Å². The Morgan fingerprint density at radius 1 is 1.16 bits per heavy atom. The Bertz CT molecular complexity index is 865. The molecule has 0 saturated heterocycles. The number of rotatable bonds is 6. The maximum absolute atomic E-state index is 12.0. The summed E-state index contributed by atoms with van der Waals surface area (Å²) in [6.45, 7) is 3.76. The number of halogens is 1. The molecule has 2 aromatic heterocycles. The molecule has 7 heteroatoms. The third-order valence-corrected chi connectivity index (χ3v) is 5.08. The number of hydrogen-bond acceptors (Lipinski definition) is 5. The Balaban J connectivity index is 2.08. The van der Waals surface area contributed by atoms with Gasteiger partial charge in [-0.2, -0.15) is 0 Å². The van der Waals surface area contributed by atoms with Gasteiger partial charge >= 0.3 is 0 Å². The summed E-state index contributed by atoms with van der Waals surface area (Å²) < 4.78 is 1.94. The Labute approximate surface area is 155 Å². The minimum Gasteiger partial charge on any atom is -0.298 e. The average molecular weight is 373 g/mol. The molecule has 5 nitrogen and oxygen atoms in total. The number of carbonyl (C=O) groups is 1. The summed E-state index contributed by atoms with van der Waals surface area (Å²) in [5.41, 5.74) is 1.79. The zero-order valence-corrected chi connectivity index (χ0v) is 15.5. The first kappa shape index (κ1) is 17.6. The summed E-state index contributed by atoms with van der Waals surface area (Å²) in [7, 11) is 0. The van der Waals surface area contributed by atoms with Crippen molar-refractivity contribution in [2.75, 3.05) is 0 Å². The van der Waals surface area contributed by atoms with Crippen molar-refractivity contribution in [3.05, 3.63) is 53.8 Å². The smallest absolute Gasteiger partial charge is 0.196 e. The largest absolute Gasteiger partial charge is 0.298 e. The summed E-state index contributed by atoms with van der Waals surface area (Å²) in [6.07, 6.45) is 3.93. The number of nitrogens with zero attached hydrogens (tertiary/aromatic N) is 4. The highest BCUT2D eigenvalue weighted by Gasteiger charge is 2.20. The second-order valence-electron chi connectivity index (χ2n) is 5.43. The van der Waals surface area contributed by atoms with Gasteiger partial charge in [-0.3, -0.25) is 14.3 Å². The van der Waals surface area contributed by atoms with Crippen LogP contribution in [0.4, 0.5) is 0 Å². The number of aromatic nitrogens is 4. The van der Waals surface area contributed by atoms with E-state index in [2.05, 4.69) is 15.2 Å². The maximum Gasteiger partial charge on any atom is 0.196 e. The van der Waals surface area contributed by atoms with Crippen molar-refractivity contribution in [3.8, 4) is 17.1 Å². The first-order valence-corrected chi connectivity index (χ1v) is 9.17. The van der Waals surface area contributed by atoms with Gasteiger partial charge in [-0.25, -0.2) is 0 Å². The second kappa shape index (κ2) is 7.80. The van der Waals surface area contributed by atoms with Crippen molar-refractivity contribution in [3.63, 3.8) is 0 Å². The zero-order chi connectivity index (χ0) is 17.8. The molecular formula is C18H17ClN4OS. The first-order valence-electron chi connectivity index (χ1n) is 7.91. The van der Waals surface area contributed by atoms with E-state index in [0.29, 0.717) is 22.4 Å². The molecular weight excluding hydrogens is 356 g/mol. The molecule has 2 heterocycles. The van der Waals surface area contributed by atoms with Crippen LogP contribution in [0.2, 0.25) is 5.02 Å². The van der Waals surface area contributed by atoms with Gasteiger partial charge in [0.1, 0.15) is 5.78 Å². The molecule has 0 aliphatic rings. The molecule has 0 bridgehead atoms. The molecule has 3 aromatic rings. The Hall–Kier alpha value is -2.18. The lowest BCUT2D eigenvalue weighted by atomic mass is 10.2. The SMILES string of the molecule is CCC(=O)C(C)Sc1nnc(-c2ccncc2)n1-c1ccc(Cl)cc1. The number of thioether (sulfide) groups is 1. The molecule has 128 valence electrons. The van der Waals surface area contributed by atoms with Crippen molar-refractivity contribution in [2.45, 2.75) is 30.7 Å². The number of ketones is 1. The quantitative estimate of drug-likeness (QED) is 0.598. The predicted molar refractivity (Wildman–Crippen MR) is 100 cm³/mol. The lowest BCUT2D eigenvalue weighted by Gasteiger charge is -2.12. The van der Waals surface area contributed by atoms with E-state index in [0.717, 1.165) is 11.3 Å². The molecule has 0 spiro atoms. The zero-order valence-electron chi connectivity index (χ0n) is 13.9. The van der Waals surface area contributed by atoms with Crippen LogP contribution in [0, 0.1) is 0 Å². The summed E-state index contributed by atoms with van der Waals surface area (Å²) in [6, 6.07) is 11.2. The number of hydrogen-bond donors (Lipinski definition) is 0. The standard InChI is InChI=1S/C18H17ClN4OS/c1-3-16(24)12(2)25-18-22-21-17(13-8-10-20-11-9-13)23(18)15-6-4-14(19)5-7-15/h4-12H,3H2,1-2H3. The fourth-order valence-electron chi connectivity index (χ4n) is 2.37. The summed E-state index contributed by atoms with van der Waals surface area (Å²) in [5.74, 6) is 0.879. The normalized spacial score (nSPS) is 12.1. The molecule has 0 amide bonds. The molecule has 0 aliphatic carbocycles. The van der Waals surface area contributed by atoms with Crippen molar-refractivity contribution in [1.82, 2.24) is 19.7 Å². The van der Waals surface area contributed by atoms with E-state index < -0.39 is 0 Å². The van der Waals surface area contributed by atoms with Crippen LogP contribution in [-0.4, -0.2) is 30.8 Å². The van der Waals surface area contributed by atoms with Gasteiger partial charge in [0.15, 0.2) is 11.0 Å². The molecule has 1 atom stereocenters. The van der Waals surface area contributed by atoms with Crippen molar-refractivity contribution < 1.29 is 4.79 Å². The maximum atomic E-state index is 12.0. The van der Waals surface area contributed by atoms with Gasteiger partial charge in [0, 0.05) is 35.1 Å². The highest BCUT2D eigenvalue weighted by Crippen LogP contribution is 2.30. The number of Topliss-reactive ketones (excluding diaryl/α,β-unsaturated/α-hetero) is 1. The summed E-state index contributed by atoms with van der Waals surface area (Å²) >= 11 is 7.42. The Morgan fingerprint density at radius 2 is 1.84 bits per heavy atom. The van der Waals surface area contributed by atoms with Gasteiger partial charge in [-0.05, 0) is 43.3 Å². The van der Waals surface area contributed by atoms with E-state index in [1.165, 1.54) is 11.8 Å². The van der Waals surface area contributed by atoms with Gasteiger partial charge in [-0.15, -0.1) is 10.2 Å². The van der Waals surface area contributed by atoms with Crippen LogP contribution in [0.3, 0.4) is 0 Å². The topological polar surface area (TPSA) is 60.7 Å². The number of benzene rings is 1. The van der Waals surface area contributed by atoms with Crippen LogP contribution >= 0.6 is 23.4 Å². The second-order valence-corrected chi connectivity index (χ2v) is 7.18. The minimum absolute atomic E-state index is 0.182. The fraction of sp³-hybridized carbons (Fsp3) is 0.222. The van der Waals surface area contributed by atoms with E-state index in [1.807, 2.05) is 54.8 Å². The third-order valence-electron chi connectivity index (χ3n) is 3.74. The van der Waals surface area contributed by atoms with Gasteiger partial charge in [0.05, 0.1) is 5.25 Å². The Kier molecular flexibility index (Phi) is 5.50. The molecule has 0 aliphatic heterocycles. The van der Waals surface area contributed by atoms with E-state index in [9.17, 15) is 4.79 Å². The van der Waals surface area contributed by atoms with E-state index >= 15 is 0 Å². The lowest BCUT2D eigenvalue weighted by molar-refractivity contribution is -0.118. The highest BCUT2D eigenvalue weighted by molar-refractivity contribution is 8.00. The summed E-state index contributed by atoms with van der Waals surface area (Å²) in [5, 5.41) is 9.80. The van der Waals surface area contributed by atoms with Gasteiger partial charge in [0.25, 0.3) is 0 Å². The molecule has 1 unspecified atom stereocenters. The lowest BCUT2D eigenvalue weighted by Crippen LogP contribution is -2.12. The first-order chi connectivity index (χ1) is 12.1. The molecule has 3 rings (SSSR count). The number of pyridine rings is 1. The van der Waals surface area contributed by atoms with Crippen LogP contribution in [-0.2, 0) is 4.79 Å². The minimum atomic E-state index is -0.189. The van der Waals surface area contributed by atoms with Gasteiger partial charge < -0.3 is 0 Å². The van der Waals surface area contributed by atoms with Crippen molar-refractivity contribution >= 4 is 29.1 Å². The van der Waals surface area contributed by atoms with Gasteiger partial charge in [-0.1, -0.05) is 30.3 Å². The van der Waals surface area contributed by atoms with Crippen LogP contribution in [0.15, 0.2) is 53.9 Å². The van der Waals surface area contributed by atoms with Crippen LogP contribution < -0.4 is 0 Å². The molecule has 0 N–H and O–H groups in total. The van der Waals surface area contributed by atoms with Crippen LogP contribution in [0.5, 0.6) is 0 Å². The molecule has 0 fully saturated rings. The third kappa shape index (κ3) is 3.91. The molecule has 1 aromatic carbocycles. The average Bonchev–Trinajstić information content (AvgIpc) is 3.06. The van der Waals surface area contributed by atoms with E-state index in [-0.39, 0.29) is 11.0 Å². The Morgan fingerprint density at radius 3 is 2.48 bits per heavy atom. The van der Waals surface area contributed by atoms with Crippen LogP contribution in [0.1, 0.15) is 20.3 Å². The predicted octanol–water partition coefficient (Wildman–Crippen LogP) is 4.44. The van der Waals surface area contributed by atoms with Gasteiger partial charge in [0.2, 0.25) is 0 Å². The molecule has 25 heavy (non-hydrogen) atoms. The summed E-state index contributed by atoms with van der Waals surface area (Å²) in [4.78, 5) is 16.0. The van der Waals surface area contributed by atoms with Crippen molar-refractivity contribution in [2.24, 2.45) is 0 Å². The fourth-order valence-corrected chi connectivity index (χ4v) is 3.49. The van der Waals surface area contributed by atoms with Crippen LogP contribution in [0.25, 0.3) is 17.1 Å². The molecule has 0 radical (unpaired) electrons. The van der Waals surface area contributed by atoms with E-state index in [4.69, 9.17) is 11.6 Å². The monoisotopic (exact) mass is 372 g/mol. The number of carbonyl (C=O) groups excluding carboxylic acids is 1. The van der Waals surface area contributed by atoms with E-state index in [1.54, 1.807) is 12.4 Å². The highest BCUT2D eigenvalue weighted by atomic mass is 35.5. The molecule has 0 saturated carbocycles.